The van der Waals surface area contributed by atoms with Gasteiger partial charge < -0.3 is 20.4 Å². The van der Waals surface area contributed by atoms with Crippen molar-refractivity contribution in [3.8, 4) is 0 Å². The van der Waals surface area contributed by atoms with Gasteiger partial charge in [-0.3, -0.25) is 0 Å². The molecule has 0 spiro atoms. The summed E-state index contributed by atoms with van der Waals surface area (Å²) in [4.78, 5) is 25.8. The Morgan fingerprint density at radius 3 is 2.48 bits per heavy atom. The first-order valence-electron chi connectivity index (χ1n) is 6.99. The summed E-state index contributed by atoms with van der Waals surface area (Å²) in [5, 5.41) is 22.7. The third kappa shape index (κ3) is 4.71. The zero-order valence-corrected chi connectivity index (χ0v) is 13.1. The number of nitrogens with zero attached hydrogens (tertiary/aromatic N) is 1. The van der Waals surface area contributed by atoms with Crippen LogP contribution in [0, 0.1) is 0 Å². The second-order valence-corrected chi connectivity index (χ2v) is 5.60. The summed E-state index contributed by atoms with van der Waals surface area (Å²) in [6.07, 6.45) is 1.50. The molecule has 0 aliphatic heterocycles. The van der Waals surface area contributed by atoms with Crippen LogP contribution in [0.2, 0.25) is 0 Å². The van der Waals surface area contributed by atoms with E-state index in [-0.39, 0.29) is 19.2 Å². The first-order valence-corrected chi connectivity index (χ1v) is 7.87. The van der Waals surface area contributed by atoms with E-state index in [9.17, 15) is 14.7 Å². The summed E-state index contributed by atoms with van der Waals surface area (Å²) in [5.74, 6) is -1.10. The first-order chi connectivity index (χ1) is 10.0. The van der Waals surface area contributed by atoms with E-state index in [4.69, 9.17) is 5.11 Å². The van der Waals surface area contributed by atoms with Crippen LogP contribution in [0.25, 0.3) is 0 Å². The van der Waals surface area contributed by atoms with Crippen molar-refractivity contribution in [2.75, 3.05) is 13.2 Å². The lowest BCUT2D eigenvalue weighted by Crippen LogP contribution is -2.49. The smallest absolute Gasteiger partial charge is 0.331 e. The van der Waals surface area contributed by atoms with E-state index in [2.05, 4.69) is 5.32 Å². The molecule has 0 saturated heterocycles. The van der Waals surface area contributed by atoms with E-state index in [1.807, 2.05) is 13.8 Å². The van der Waals surface area contributed by atoms with Crippen LogP contribution in [0.1, 0.15) is 37.6 Å². The molecule has 1 heterocycles. The highest BCUT2D eigenvalue weighted by atomic mass is 32.1. The van der Waals surface area contributed by atoms with Crippen LogP contribution in [-0.4, -0.2) is 46.3 Å². The molecule has 21 heavy (non-hydrogen) atoms. The molecule has 2 amide bonds. The molecular formula is C14H22N2O4S. The number of carboxylic acids is 1. The van der Waals surface area contributed by atoms with Gasteiger partial charge in [-0.25, -0.2) is 9.59 Å². The number of carbonyl (C=O) groups excluding carboxylic acids is 1. The summed E-state index contributed by atoms with van der Waals surface area (Å²) >= 11 is 1.28. The van der Waals surface area contributed by atoms with Gasteiger partial charge in [0.25, 0.3) is 0 Å². The molecule has 1 aromatic heterocycles. The topological polar surface area (TPSA) is 89.9 Å². The maximum atomic E-state index is 12.3. The molecular weight excluding hydrogens is 292 g/mol. The Morgan fingerprint density at radius 1 is 1.38 bits per heavy atom. The highest BCUT2D eigenvalue weighted by molar-refractivity contribution is 7.10. The Kier molecular flexibility index (Phi) is 7.18. The van der Waals surface area contributed by atoms with Crippen LogP contribution in [0.5, 0.6) is 0 Å². The van der Waals surface area contributed by atoms with E-state index in [1.165, 1.54) is 16.2 Å². The molecule has 1 unspecified atom stereocenters. The molecule has 1 aromatic rings. The number of hydrogen-bond donors (Lipinski definition) is 3. The van der Waals surface area contributed by atoms with Gasteiger partial charge >= 0.3 is 12.0 Å². The van der Waals surface area contributed by atoms with E-state index >= 15 is 0 Å². The van der Waals surface area contributed by atoms with Gasteiger partial charge in [0.15, 0.2) is 6.04 Å². The van der Waals surface area contributed by atoms with Crippen LogP contribution in [0.3, 0.4) is 0 Å². The van der Waals surface area contributed by atoms with E-state index in [0.29, 0.717) is 4.88 Å². The number of aliphatic carboxylic acids is 1. The van der Waals surface area contributed by atoms with Crippen LogP contribution in [0.4, 0.5) is 4.79 Å². The Balaban J connectivity index is 2.85. The Bertz CT molecular complexity index is 446. The van der Waals surface area contributed by atoms with Gasteiger partial charge in [0.2, 0.25) is 0 Å². The molecule has 0 saturated carbocycles. The largest absolute Gasteiger partial charge is 0.479 e. The molecule has 118 valence electrons. The Hall–Kier alpha value is -1.60. The number of carbonyl (C=O) groups is 2. The normalized spacial score (nSPS) is 12.2. The lowest BCUT2D eigenvalue weighted by atomic mass is 10.1. The molecule has 0 bridgehead atoms. The first kappa shape index (κ1) is 17.5. The van der Waals surface area contributed by atoms with Crippen molar-refractivity contribution >= 4 is 23.3 Å². The van der Waals surface area contributed by atoms with Gasteiger partial charge in [-0.2, -0.15) is 0 Å². The van der Waals surface area contributed by atoms with Crippen molar-refractivity contribution in [2.24, 2.45) is 0 Å². The van der Waals surface area contributed by atoms with Crippen LogP contribution in [-0.2, 0) is 4.79 Å². The zero-order valence-electron chi connectivity index (χ0n) is 12.3. The zero-order chi connectivity index (χ0) is 15.8. The van der Waals surface area contributed by atoms with Crippen molar-refractivity contribution in [3.63, 3.8) is 0 Å². The van der Waals surface area contributed by atoms with E-state index < -0.39 is 18.0 Å². The van der Waals surface area contributed by atoms with Gasteiger partial charge in [0, 0.05) is 17.5 Å². The summed E-state index contributed by atoms with van der Waals surface area (Å²) < 4.78 is 0. The molecule has 7 heteroatoms. The lowest BCUT2D eigenvalue weighted by molar-refractivity contribution is -0.139. The fourth-order valence-corrected chi connectivity index (χ4v) is 2.97. The molecule has 1 atom stereocenters. The lowest BCUT2D eigenvalue weighted by Gasteiger charge is -2.31. The summed E-state index contributed by atoms with van der Waals surface area (Å²) in [6.45, 7) is 3.95. The molecule has 6 nitrogen and oxygen atoms in total. The van der Waals surface area contributed by atoms with Crippen molar-refractivity contribution in [2.45, 2.75) is 38.8 Å². The SMILES string of the molecule is CCC(CC)N(CCO)C(=O)NC(C(=O)O)c1cccs1. The highest BCUT2D eigenvalue weighted by Crippen LogP contribution is 2.20. The summed E-state index contributed by atoms with van der Waals surface area (Å²) in [6, 6.07) is 1.88. The Labute approximate surface area is 128 Å². The number of thiophene rings is 1. The minimum absolute atomic E-state index is 0.0186. The predicted molar refractivity (Wildman–Crippen MR) is 81.4 cm³/mol. The van der Waals surface area contributed by atoms with Gasteiger partial charge in [0.05, 0.1) is 6.61 Å². The molecule has 0 fully saturated rings. The average Bonchev–Trinajstić information content (AvgIpc) is 2.98. The van der Waals surface area contributed by atoms with Crippen LogP contribution in [0.15, 0.2) is 17.5 Å². The number of amides is 2. The third-order valence-electron chi connectivity index (χ3n) is 3.33. The molecule has 0 aromatic carbocycles. The molecule has 0 aliphatic carbocycles. The predicted octanol–water partition coefficient (Wildman–Crippen LogP) is 2.07. The van der Waals surface area contributed by atoms with Gasteiger partial charge in [-0.15, -0.1) is 11.3 Å². The molecule has 1 rings (SSSR count). The summed E-state index contributed by atoms with van der Waals surface area (Å²) in [5.41, 5.74) is 0. The quantitative estimate of drug-likeness (QED) is 0.685. The minimum Gasteiger partial charge on any atom is -0.479 e. The van der Waals surface area contributed by atoms with Crippen LogP contribution >= 0.6 is 11.3 Å². The standard InChI is InChI=1S/C14H22N2O4S/c1-3-10(4-2)16(7-8-17)14(20)15-12(13(18)19)11-6-5-9-21-11/h5-6,9-10,12,17H,3-4,7-8H2,1-2H3,(H,15,20)(H,18,19). The maximum Gasteiger partial charge on any atom is 0.331 e. The number of nitrogens with one attached hydrogen (secondary N) is 1. The number of carboxylic acid groups (broad SMARTS) is 1. The molecule has 3 N–H and O–H groups in total. The second kappa shape index (κ2) is 8.63. The average molecular weight is 314 g/mol. The third-order valence-corrected chi connectivity index (χ3v) is 4.26. The second-order valence-electron chi connectivity index (χ2n) is 4.62. The number of hydrogen-bond acceptors (Lipinski definition) is 4. The fraction of sp³-hybridized carbons (Fsp3) is 0.571. The highest BCUT2D eigenvalue weighted by Gasteiger charge is 2.27. The van der Waals surface area contributed by atoms with Crippen molar-refractivity contribution in [1.82, 2.24) is 10.2 Å². The van der Waals surface area contributed by atoms with Gasteiger partial charge in [-0.1, -0.05) is 19.9 Å². The van der Waals surface area contributed by atoms with Gasteiger partial charge in [0.1, 0.15) is 0 Å². The van der Waals surface area contributed by atoms with E-state index in [0.717, 1.165) is 12.8 Å². The minimum atomic E-state index is -1.10. The Morgan fingerprint density at radius 2 is 2.05 bits per heavy atom. The van der Waals surface area contributed by atoms with E-state index in [1.54, 1.807) is 17.5 Å². The molecule has 0 radical (unpaired) electrons. The summed E-state index contributed by atoms with van der Waals surface area (Å²) in [7, 11) is 0. The van der Waals surface area contributed by atoms with Crippen molar-refractivity contribution in [1.29, 1.82) is 0 Å². The van der Waals surface area contributed by atoms with Crippen LogP contribution < -0.4 is 5.32 Å². The van der Waals surface area contributed by atoms with Crippen molar-refractivity contribution in [3.05, 3.63) is 22.4 Å². The number of aliphatic hydroxyl groups is 1. The maximum absolute atomic E-state index is 12.3. The molecule has 0 aliphatic rings. The monoisotopic (exact) mass is 314 g/mol. The van der Waals surface area contributed by atoms with Crippen molar-refractivity contribution < 1.29 is 19.8 Å². The van der Waals surface area contributed by atoms with Gasteiger partial charge in [-0.05, 0) is 24.3 Å². The number of rotatable bonds is 8. The number of urea groups is 1. The number of aliphatic hydroxyl groups excluding tert-OH is 1. The fourth-order valence-electron chi connectivity index (χ4n) is 2.20.